The van der Waals surface area contributed by atoms with Crippen molar-refractivity contribution < 1.29 is 22.7 Å². The number of carbonyl (C=O) groups is 2. The van der Waals surface area contributed by atoms with Crippen molar-refractivity contribution in [2.75, 3.05) is 18.0 Å². The zero-order valence-corrected chi connectivity index (χ0v) is 28.3. The fraction of sp³-hybridized carbons (Fsp3) is 0.278. The first kappa shape index (κ1) is 34.5. The van der Waals surface area contributed by atoms with Crippen molar-refractivity contribution in [1.82, 2.24) is 10.2 Å². The van der Waals surface area contributed by atoms with Crippen LogP contribution >= 0.6 is 11.6 Å². The normalized spacial score (nSPS) is 12.2. The van der Waals surface area contributed by atoms with E-state index in [9.17, 15) is 18.0 Å². The molecule has 4 aromatic rings. The number of anilines is 1. The van der Waals surface area contributed by atoms with E-state index in [0.29, 0.717) is 5.02 Å². The van der Waals surface area contributed by atoms with Gasteiger partial charge in [0.05, 0.1) is 17.7 Å². The molecule has 242 valence electrons. The molecule has 0 aliphatic carbocycles. The highest BCUT2D eigenvalue weighted by atomic mass is 35.5. The van der Waals surface area contributed by atoms with Gasteiger partial charge < -0.3 is 15.0 Å². The summed E-state index contributed by atoms with van der Waals surface area (Å²) in [6, 6.07) is 28.5. The summed E-state index contributed by atoms with van der Waals surface area (Å²) in [5, 5.41) is 3.56. The molecule has 0 fully saturated rings. The summed E-state index contributed by atoms with van der Waals surface area (Å²) in [7, 11) is -2.81. The van der Waals surface area contributed by atoms with E-state index in [4.69, 9.17) is 16.3 Å². The molecule has 0 spiro atoms. The van der Waals surface area contributed by atoms with Crippen LogP contribution in [0.2, 0.25) is 5.02 Å². The van der Waals surface area contributed by atoms with E-state index >= 15 is 0 Å². The molecule has 0 radical (unpaired) electrons. The number of amides is 2. The zero-order chi connectivity index (χ0) is 33.5. The molecular weight excluding hydrogens is 622 g/mol. The minimum absolute atomic E-state index is 0.0157. The van der Waals surface area contributed by atoms with Crippen LogP contribution in [0.4, 0.5) is 5.69 Å². The topological polar surface area (TPSA) is 96.0 Å². The van der Waals surface area contributed by atoms with Crippen molar-refractivity contribution in [1.29, 1.82) is 0 Å². The third-order valence-corrected chi connectivity index (χ3v) is 9.27. The fourth-order valence-electron chi connectivity index (χ4n) is 5.02. The van der Waals surface area contributed by atoms with Crippen LogP contribution in [-0.2, 0) is 32.6 Å². The fourth-order valence-corrected chi connectivity index (χ4v) is 6.58. The van der Waals surface area contributed by atoms with Gasteiger partial charge in [0.1, 0.15) is 18.3 Å². The Balaban J connectivity index is 1.85. The minimum atomic E-state index is -4.26. The summed E-state index contributed by atoms with van der Waals surface area (Å²) < 4.78 is 35.1. The molecule has 46 heavy (non-hydrogen) atoms. The monoisotopic (exact) mass is 661 g/mol. The molecule has 0 heterocycles. The molecule has 8 nitrogen and oxygen atoms in total. The van der Waals surface area contributed by atoms with E-state index in [1.807, 2.05) is 58.0 Å². The Morgan fingerprint density at radius 1 is 0.870 bits per heavy atom. The maximum atomic E-state index is 14.6. The minimum Gasteiger partial charge on any atom is -0.495 e. The van der Waals surface area contributed by atoms with Crippen molar-refractivity contribution in [3.05, 3.63) is 125 Å². The molecule has 1 atom stereocenters. The number of rotatable bonds is 12. The lowest BCUT2D eigenvalue weighted by Gasteiger charge is -2.35. The number of ether oxygens (including phenoxy) is 1. The first-order chi connectivity index (χ1) is 21.8. The van der Waals surface area contributed by atoms with Crippen molar-refractivity contribution in [3.8, 4) is 5.75 Å². The molecule has 4 rings (SSSR count). The molecule has 2 amide bonds. The first-order valence-electron chi connectivity index (χ1n) is 14.9. The number of halogens is 1. The molecular formula is C36H40ClN3O5S. The van der Waals surface area contributed by atoms with Crippen LogP contribution in [0.1, 0.15) is 37.5 Å². The first-order valence-corrected chi connectivity index (χ1v) is 16.7. The van der Waals surface area contributed by atoms with E-state index in [1.165, 1.54) is 24.1 Å². The lowest BCUT2D eigenvalue weighted by molar-refractivity contribution is -0.140. The SMILES string of the molecule is COc1ccc(C)cc1N(CC(=O)N(Cc1ccc(Cl)cc1)[C@@H](Cc1ccccc1)C(=O)NC(C)(C)C)S(=O)(=O)c1ccccc1. The number of nitrogens with zero attached hydrogens (tertiary/aromatic N) is 2. The summed E-state index contributed by atoms with van der Waals surface area (Å²) >= 11 is 6.16. The van der Waals surface area contributed by atoms with E-state index in [0.717, 1.165) is 21.0 Å². The van der Waals surface area contributed by atoms with Gasteiger partial charge in [0.2, 0.25) is 11.8 Å². The van der Waals surface area contributed by atoms with Gasteiger partial charge in [-0.05, 0) is 80.8 Å². The second kappa shape index (κ2) is 14.8. The quantitative estimate of drug-likeness (QED) is 0.189. The van der Waals surface area contributed by atoms with Crippen LogP contribution in [0.3, 0.4) is 0 Å². The number of methoxy groups -OCH3 is 1. The lowest BCUT2D eigenvalue weighted by Crippen LogP contribution is -2.56. The van der Waals surface area contributed by atoms with Crippen molar-refractivity contribution in [3.63, 3.8) is 0 Å². The van der Waals surface area contributed by atoms with Gasteiger partial charge in [0.25, 0.3) is 10.0 Å². The van der Waals surface area contributed by atoms with Gasteiger partial charge >= 0.3 is 0 Å². The average Bonchev–Trinajstić information content (AvgIpc) is 3.02. The summed E-state index contributed by atoms with van der Waals surface area (Å²) in [6.45, 7) is 6.89. The Labute approximate surface area is 277 Å². The molecule has 4 aromatic carbocycles. The lowest BCUT2D eigenvalue weighted by atomic mass is 10.0. The van der Waals surface area contributed by atoms with Gasteiger partial charge in [0, 0.05) is 23.5 Å². The van der Waals surface area contributed by atoms with Gasteiger partial charge in [-0.3, -0.25) is 13.9 Å². The summed E-state index contributed by atoms with van der Waals surface area (Å²) in [5.41, 5.74) is 1.98. The van der Waals surface area contributed by atoms with Crippen LogP contribution in [0.15, 0.2) is 108 Å². The molecule has 0 aliphatic rings. The Morgan fingerprint density at radius 3 is 2.07 bits per heavy atom. The van der Waals surface area contributed by atoms with E-state index in [2.05, 4.69) is 5.32 Å². The van der Waals surface area contributed by atoms with E-state index in [1.54, 1.807) is 60.7 Å². The number of hydrogen-bond acceptors (Lipinski definition) is 5. The molecule has 0 aliphatic heterocycles. The van der Waals surface area contributed by atoms with Crippen LogP contribution in [0.25, 0.3) is 0 Å². The van der Waals surface area contributed by atoms with Crippen LogP contribution in [-0.4, -0.2) is 50.4 Å². The predicted octanol–water partition coefficient (Wildman–Crippen LogP) is 6.41. The van der Waals surface area contributed by atoms with Gasteiger partial charge in [-0.25, -0.2) is 8.42 Å². The Hall–Kier alpha value is -4.34. The number of carbonyl (C=O) groups excluding carboxylic acids is 2. The molecule has 1 N–H and O–H groups in total. The standard InChI is InChI=1S/C36H40ClN3O5S/c1-26-16-21-33(45-5)31(22-26)40(46(43,44)30-14-10-7-11-15-30)25-34(41)39(24-28-17-19-29(37)20-18-28)32(35(42)38-36(2,3)4)23-27-12-8-6-9-13-27/h6-22,32H,23-25H2,1-5H3,(H,38,42)/t32-/m0/s1. The number of benzene rings is 4. The molecule has 0 saturated heterocycles. The third-order valence-electron chi connectivity index (χ3n) is 7.25. The number of hydrogen-bond donors (Lipinski definition) is 1. The molecule has 0 saturated carbocycles. The molecule has 10 heteroatoms. The second-order valence-electron chi connectivity index (χ2n) is 12.1. The maximum absolute atomic E-state index is 14.6. The van der Waals surface area contributed by atoms with Gasteiger partial charge in [-0.2, -0.15) is 0 Å². The Morgan fingerprint density at radius 2 is 1.48 bits per heavy atom. The molecule has 0 unspecified atom stereocenters. The Bertz CT molecular complexity index is 1740. The van der Waals surface area contributed by atoms with Gasteiger partial charge in [-0.1, -0.05) is 78.3 Å². The highest BCUT2D eigenvalue weighted by Gasteiger charge is 2.36. The van der Waals surface area contributed by atoms with Crippen LogP contribution in [0.5, 0.6) is 5.75 Å². The van der Waals surface area contributed by atoms with Crippen molar-refractivity contribution in [2.45, 2.75) is 57.1 Å². The summed E-state index contributed by atoms with van der Waals surface area (Å²) in [5.74, 6) is -0.638. The smallest absolute Gasteiger partial charge is 0.264 e. The molecule has 0 bridgehead atoms. The highest BCUT2D eigenvalue weighted by Crippen LogP contribution is 2.34. The number of nitrogens with one attached hydrogen (secondary N) is 1. The Kier molecular flexibility index (Phi) is 11.1. The highest BCUT2D eigenvalue weighted by molar-refractivity contribution is 7.92. The predicted molar refractivity (Wildman–Crippen MR) is 183 cm³/mol. The number of aryl methyl sites for hydroxylation is 1. The van der Waals surface area contributed by atoms with Gasteiger partial charge in [-0.15, -0.1) is 0 Å². The largest absolute Gasteiger partial charge is 0.495 e. The van der Waals surface area contributed by atoms with E-state index in [-0.39, 0.29) is 35.2 Å². The summed E-state index contributed by atoms with van der Waals surface area (Å²) in [6.07, 6.45) is 0.210. The third kappa shape index (κ3) is 8.89. The maximum Gasteiger partial charge on any atom is 0.264 e. The number of sulfonamides is 1. The zero-order valence-electron chi connectivity index (χ0n) is 26.7. The van der Waals surface area contributed by atoms with Crippen LogP contribution in [0, 0.1) is 6.92 Å². The average molecular weight is 662 g/mol. The van der Waals surface area contributed by atoms with E-state index < -0.39 is 34.1 Å². The molecule has 0 aromatic heterocycles. The van der Waals surface area contributed by atoms with Crippen molar-refractivity contribution in [2.24, 2.45) is 0 Å². The van der Waals surface area contributed by atoms with Gasteiger partial charge in [0.15, 0.2) is 0 Å². The summed E-state index contributed by atoms with van der Waals surface area (Å²) in [4.78, 5) is 30.1. The van der Waals surface area contributed by atoms with Crippen molar-refractivity contribution >= 4 is 39.1 Å². The second-order valence-corrected chi connectivity index (χ2v) is 14.4. The van der Waals surface area contributed by atoms with Crippen LogP contribution < -0.4 is 14.4 Å².